The number of benzene rings is 2. The molecule has 2 heterocycles. The van der Waals surface area contributed by atoms with Crippen LogP contribution in [0, 0.1) is 12.8 Å². The SMILES string of the molecule is Cc1cncc2ccc(NC(=O)[C@@H]3C[C@H]3c3ccc(S(=O)(=O)Nc4ccc(CN(C)C)cn4)cc3)cc12. The lowest BCUT2D eigenvalue weighted by Crippen LogP contribution is -2.15. The first kappa shape index (κ1) is 24.9. The van der Waals surface area contributed by atoms with Crippen molar-refractivity contribution in [3.05, 3.63) is 89.9 Å². The highest BCUT2D eigenvalue weighted by Crippen LogP contribution is 2.48. The molecule has 2 aromatic carbocycles. The summed E-state index contributed by atoms with van der Waals surface area (Å²) in [6.45, 7) is 2.72. The lowest BCUT2D eigenvalue weighted by atomic mass is 10.1. The number of nitrogens with zero attached hydrogens (tertiary/aromatic N) is 3. The van der Waals surface area contributed by atoms with Gasteiger partial charge in [-0.1, -0.05) is 24.3 Å². The summed E-state index contributed by atoms with van der Waals surface area (Å²) in [7, 11) is 0.147. The first-order chi connectivity index (χ1) is 17.7. The van der Waals surface area contributed by atoms with Crippen molar-refractivity contribution in [3.63, 3.8) is 0 Å². The molecule has 0 spiro atoms. The Morgan fingerprint density at radius 2 is 1.81 bits per heavy atom. The van der Waals surface area contributed by atoms with Crippen LogP contribution in [0.15, 0.2) is 78.1 Å². The van der Waals surface area contributed by atoms with Gasteiger partial charge in [0.2, 0.25) is 5.91 Å². The van der Waals surface area contributed by atoms with E-state index in [1.807, 2.05) is 62.6 Å². The lowest BCUT2D eigenvalue weighted by molar-refractivity contribution is -0.117. The highest BCUT2D eigenvalue weighted by atomic mass is 32.2. The van der Waals surface area contributed by atoms with E-state index in [0.717, 1.165) is 46.1 Å². The molecule has 0 unspecified atom stereocenters. The quantitative estimate of drug-likeness (QED) is 0.357. The molecule has 0 radical (unpaired) electrons. The molecular formula is C28H29N5O3S. The van der Waals surface area contributed by atoms with Crippen molar-refractivity contribution in [3.8, 4) is 0 Å². The minimum Gasteiger partial charge on any atom is -0.326 e. The van der Waals surface area contributed by atoms with Gasteiger partial charge in [0.25, 0.3) is 10.0 Å². The number of anilines is 2. The Bertz CT molecular complexity index is 1550. The van der Waals surface area contributed by atoms with Crippen LogP contribution in [0.4, 0.5) is 11.5 Å². The number of hydrogen-bond acceptors (Lipinski definition) is 6. The summed E-state index contributed by atoms with van der Waals surface area (Å²) >= 11 is 0. The molecule has 2 N–H and O–H groups in total. The first-order valence-electron chi connectivity index (χ1n) is 12.1. The van der Waals surface area contributed by atoms with Crippen LogP contribution in [-0.4, -0.2) is 43.3 Å². The number of aromatic nitrogens is 2. The Kier molecular flexibility index (Phi) is 6.66. The van der Waals surface area contributed by atoms with Crippen LogP contribution < -0.4 is 10.0 Å². The van der Waals surface area contributed by atoms with Crippen LogP contribution in [0.25, 0.3) is 10.8 Å². The number of hydrogen-bond donors (Lipinski definition) is 2. The summed E-state index contributed by atoms with van der Waals surface area (Å²) in [5, 5.41) is 5.12. The van der Waals surface area contributed by atoms with Gasteiger partial charge in [-0.05, 0) is 85.8 Å². The van der Waals surface area contributed by atoms with Gasteiger partial charge in [0, 0.05) is 42.1 Å². The van der Waals surface area contributed by atoms with Crippen LogP contribution in [0.2, 0.25) is 0 Å². The van der Waals surface area contributed by atoms with Crippen molar-refractivity contribution in [2.45, 2.75) is 30.7 Å². The van der Waals surface area contributed by atoms with Gasteiger partial charge in [-0.3, -0.25) is 14.5 Å². The fourth-order valence-electron chi connectivity index (χ4n) is 4.51. The van der Waals surface area contributed by atoms with Gasteiger partial charge in [-0.2, -0.15) is 0 Å². The first-order valence-corrected chi connectivity index (χ1v) is 13.6. The molecule has 9 heteroatoms. The van der Waals surface area contributed by atoms with Crippen LogP contribution >= 0.6 is 0 Å². The average molecular weight is 516 g/mol. The Hall–Kier alpha value is -3.82. The predicted octanol–water partition coefficient (Wildman–Crippen LogP) is 4.54. The largest absolute Gasteiger partial charge is 0.326 e. The van der Waals surface area contributed by atoms with Crippen LogP contribution in [0.3, 0.4) is 0 Å². The Morgan fingerprint density at radius 1 is 1.03 bits per heavy atom. The van der Waals surface area contributed by atoms with E-state index in [-0.39, 0.29) is 28.5 Å². The Labute approximate surface area is 216 Å². The zero-order valence-electron chi connectivity index (χ0n) is 21.0. The van der Waals surface area contributed by atoms with Gasteiger partial charge in [-0.25, -0.2) is 13.4 Å². The van der Waals surface area contributed by atoms with Gasteiger partial charge >= 0.3 is 0 Å². The monoisotopic (exact) mass is 515 g/mol. The van der Waals surface area contributed by atoms with E-state index in [9.17, 15) is 13.2 Å². The van der Waals surface area contributed by atoms with E-state index in [1.165, 1.54) is 0 Å². The van der Waals surface area contributed by atoms with Crippen molar-refractivity contribution in [2.24, 2.45) is 5.92 Å². The third-order valence-electron chi connectivity index (χ3n) is 6.54. The van der Waals surface area contributed by atoms with E-state index in [1.54, 1.807) is 36.5 Å². The molecule has 2 atom stereocenters. The van der Waals surface area contributed by atoms with Crippen molar-refractivity contribution < 1.29 is 13.2 Å². The van der Waals surface area contributed by atoms with Crippen LogP contribution in [-0.2, 0) is 21.4 Å². The zero-order valence-corrected chi connectivity index (χ0v) is 21.8. The van der Waals surface area contributed by atoms with E-state index in [0.29, 0.717) is 0 Å². The number of fused-ring (bicyclic) bond motifs is 1. The second-order valence-electron chi connectivity index (χ2n) is 9.79. The third-order valence-corrected chi connectivity index (χ3v) is 7.91. The van der Waals surface area contributed by atoms with E-state index in [2.05, 4.69) is 20.0 Å². The molecule has 37 heavy (non-hydrogen) atoms. The van der Waals surface area contributed by atoms with E-state index >= 15 is 0 Å². The molecule has 0 bridgehead atoms. The second-order valence-corrected chi connectivity index (χ2v) is 11.5. The molecule has 0 saturated heterocycles. The van der Waals surface area contributed by atoms with Crippen molar-refractivity contribution in [2.75, 3.05) is 24.1 Å². The standard InChI is InChI=1S/C28H29N5O3S/c1-18-14-29-16-21-5-8-22(12-24(18)21)31-28(34)26-13-25(26)20-6-9-23(10-7-20)37(35,36)32-27-11-4-19(15-30-27)17-33(2)3/h4-12,14-16,25-26H,13,17H2,1-3H3,(H,30,32)(H,31,34)/t25-,26+/m0/s1. The minimum absolute atomic E-state index is 0.0294. The van der Waals surface area contributed by atoms with Gasteiger partial charge in [-0.15, -0.1) is 0 Å². The van der Waals surface area contributed by atoms with Gasteiger partial charge in [0.05, 0.1) is 4.90 Å². The molecule has 4 aromatic rings. The Balaban J connectivity index is 1.21. The number of aryl methyl sites for hydroxylation is 1. The third kappa shape index (κ3) is 5.63. The summed E-state index contributed by atoms with van der Waals surface area (Å²) in [5.74, 6) is 0.172. The molecule has 5 rings (SSSR count). The number of pyridine rings is 2. The summed E-state index contributed by atoms with van der Waals surface area (Å²) in [6, 6.07) is 16.0. The molecule has 2 aromatic heterocycles. The summed E-state index contributed by atoms with van der Waals surface area (Å²) in [5.41, 5.74) is 3.76. The smallest absolute Gasteiger partial charge is 0.263 e. The van der Waals surface area contributed by atoms with Crippen molar-refractivity contribution >= 4 is 38.2 Å². The fraction of sp³-hybridized carbons (Fsp3) is 0.250. The number of amides is 1. The van der Waals surface area contributed by atoms with E-state index < -0.39 is 10.0 Å². The highest BCUT2D eigenvalue weighted by Gasteiger charge is 2.44. The van der Waals surface area contributed by atoms with Crippen LogP contribution in [0.5, 0.6) is 0 Å². The van der Waals surface area contributed by atoms with Crippen molar-refractivity contribution in [1.29, 1.82) is 0 Å². The number of carbonyl (C=O) groups excluding carboxylic acids is 1. The zero-order chi connectivity index (χ0) is 26.2. The number of nitrogens with one attached hydrogen (secondary N) is 2. The molecule has 1 saturated carbocycles. The normalized spacial score (nSPS) is 17.1. The topological polar surface area (TPSA) is 104 Å². The Morgan fingerprint density at radius 3 is 2.51 bits per heavy atom. The molecule has 190 valence electrons. The molecule has 1 aliphatic carbocycles. The predicted molar refractivity (Wildman–Crippen MR) is 145 cm³/mol. The molecule has 1 fully saturated rings. The number of rotatable bonds is 8. The maximum Gasteiger partial charge on any atom is 0.263 e. The molecule has 8 nitrogen and oxygen atoms in total. The van der Waals surface area contributed by atoms with E-state index in [4.69, 9.17) is 0 Å². The molecule has 0 aliphatic heterocycles. The van der Waals surface area contributed by atoms with Crippen LogP contribution in [0.1, 0.15) is 29.0 Å². The molecular weight excluding hydrogens is 486 g/mol. The second kappa shape index (κ2) is 9.91. The summed E-state index contributed by atoms with van der Waals surface area (Å²) in [6.07, 6.45) is 6.01. The lowest BCUT2D eigenvalue weighted by Gasteiger charge is -2.11. The fourth-order valence-corrected chi connectivity index (χ4v) is 5.52. The molecule has 1 amide bonds. The summed E-state index contributed by atoms with van der Waals surface area (Å²) < 4.78 is 28.2. The van der Waals surface area contributed by atoms with Gasteiger partial charge in [0.1, 0.15) is 5.82 Å². The highest BCUT2D eigenvalue weighted by molar-refractivity contribution is 7.92. The molecule has 1 aliphatic rings. The van der Waals surface area contributed by atoms with Gasteiger partial charge < -0.3 is 10.2 Å². The maximum atomic E-state index is 12.9. The average Bonchev–Trinajstić information content (AvgIpc) is 3.67. The minimum atomic E-state index is -3.77. The number of carbonyl (C=O) groups is 1. The number of sulfonamides is 1. The summed E-state index contributed by atoms with van der Waals surface area (Å²) in [4.78, 5) is 23.4. The van der Waals surface area contributed by atoms with Gasteiger partial charge in [0.15, 0.2) is 0 Å². The maximum absolute atomic E-state index is 12.9. The van der Waals surface area contributed by atoms with Crippen molar-refractivity contribution in [1.82, 2.24) is 14.9 Å².